The highest BCUT2D eigenvalue weighted by Crippen LogP contribution is 2.34. The maximum absolute atomic E-state index is 15.2. The molecule has 5 rings (SSSR count). The molecule has 7 heteroatoms. The predicted octanol–water partition coefficient (Wildman–Crippen LogP) is 5.25. The molecule has 0 aliphatic carbocycles. The molecule has 1 saturated heterocycles. The van der Waals surface area contributed by atoms with Crippen LogP contribution in [0.4, 0.5) is 4.39 Å². The van der Waals surface area contributed by atoms with Gasteiger partial charge in [0.25, 0.3) is 0 Å². The van der Waals surface area contributed by atoms with E-state index in [9.17, 15) is 0 Å². The van der Waals surface area contributed by atoms with Crippen LogP contribution < -0.4 is 4.74 Å². The summed E-state index contributed by atoms with van der Waals surface area (Å²) >= 11 is 0. The van der Waals surface area contributed by atoms with Crippen molar-refractivity contribution in [2.75, 3.05) is 19.6 Å². The highest BCUT2D eigenvalue weighted by molar-refractivity contribution is 5.90. The van der Waals surface area contributed by atoms with Gasteiger partial charge in [0.15, 0.2) is 5.65 Å². The third kappa shape index (κ3) is 3.99. The number of aromatic nitrogens is 4. The number of rotatable bonds is 6. The van der Waals surface area contributed by atoms with Crippen molar-refractivity contribution in [1.29, 1.82) is 0 Å². The Balaban J connectivity index is 1.50. The summed E-state index contributed by atoms with van der Waals surface area (Å²) < 4.78 is 22.9. The van der Waals surface area contributed by atoms with Crippen molar-refractivity contribution in [3.05, 3.63) is 79.5 Å². The molecular formula is C25H24FN5O. The van der Waals surface area contributed by atoms with Crippen molar-refractivity contribution in [3.63, 3.8) is 0 Å². The van der Waals surface area contributed by atoms with E-state index in [1.54, 1.807) is 18.3 Å². The Morgan fingerprint density at radius 1 is 1.16 bits per heavy atom. The van der Waals surface area contributed by atoms with Gasteiger partial charge in [-0.15, -0.1) is 6.58 Å². The Morgan fingerprint density at radius 3 is 2.84 bits per heavy atom. The molecule has 0 unspecified atom stereocenters. The van der Waals surface area contributed by atoms with Crippen LogP contribution in [0.1, 0.15) is 18.9 Å². The lowest BCUT2D eigenvalue weighted by Crippen LogP contribution is -2.37. The van der Waals surface area contributed by atoms with Gasteiger partial charge in [-0.25, -0.2) is 19.0 Å². The van der Waals surface area contributed by atoms with E-state index < -0.39 is 5.82 Å². The molecule has 0 radical (unpaired) electrons. The van der Waals surface area contributed by atoms with Gasteiger partial charge in [0.1, 0.15) is 29.3 Å². The molecule has 0 N–H and O–H groups in total. The van der Waals surface area contributed by atoms with Crippen molar-refractivity contribution < 1.29 is 9.13 Å². The Bertz CT molecular complexity index is 1240. The van der Waals surface area contributed by atoms with Crippen LogP contribution in [-0.4, -0.2) is 44.3 Å². The summed E-state index contributed by atoms with van der Waals surface area (Å²) in [5.74, 6) is 0.694. The van der Waals surface area contributed by atoms with E-state index in [-0.39, 0.29) is 6.04 Å². The van der Waals surface area contributed by atoms with E-state index in [1.165, 1.54) is 12.4 Å². The molecule has 0 bridgehead atoms. The zero-order valence-corrected chi connectivity index (χ0v) is 17.7. The van der Waals surface area contributed by atoms with Gasteiger partial charge in [-0.05, 0) is 43.7 Å². The van der Waals surface area contributed by atoms with Gasteiger partial charge in [-0.2, -0.15) is 5.10 Å². The molecule has 1 aliphatic heterocycles. The number of halogens is 1. The standard InChI is InChI=1S/C25H24FN5O/c1-2-12-30-13-6-7-18(16-30)31-25-22(15-27-17-28-25)24(29-31)21-11-10-20(14-23(21)26)32-19-8-4-3-5-9-19/h2-5,8-11,14-15,17-18H,1,6-7,12-13,16H2/t18-/m1/s1. The van der Waals surface area contributed by atoms with Gasteiger partial charge in [0, 0.05) is 30.9 Å². The van der Waals surface area contributed by atoms with E-state index in [0.29, 0.717) is 22.8 Å². The number of hydrogen-bond donors (Lipinski definition) is 0. The first-order valence-corrected chi connectivity index (χ1v) is 10.8. The van der Waals surface area contributed by atoms with Crippen LogP contribution in [0, 0.1) is 5.82 Å². The largest absolute Gasteiger partial charge is 0.457 e. The van der Waals surface area contributed by atoms with E-state index >= 15 is 4.39 Å². The minimum Gasteiger partial charge on any atom is -0.457 e. The fourth-order valence-corrected chi connectivity index (χ4v) is 4.29. The van der Waals surface area contributed by atoms with Crippen molar-refractivity contribution >= 4 is 11.0 Å². The molecule has 0 spiro atoms. The number of likely N-dealkylation sites (tertiary alicyclic amines) is 1. The van der Waals surface area contributed by atoms with Gasteiger partial charge in [0.2, 0.25) is 0 Å². The second kappa shape index (κ2) is 8.88. The number of hydrogen-bond acceptors (Lipinski definition) is 5. The molecule has 1 atom stereocenters. The summed E-state index contributed by atoms with van der Waals surface area (Å²) in [6.07, 6.45) is 7.22. The Morgan fingerprint density at radius 2 is 2.03 bits per heavy atom. The number of fused-ring (bicyclic) bond motifs is 1. The van der Waals surface area contributed by atoms with Crippen LogP contribution in [0.2, 0.25) is 0 Å². The topological polar surface area (TPSA) is 56.1 Å². The van der Waals surface area contributed by atoms with E-state index in [1.807, 2.05) is 41.1 Å². The maximum Gasteiger partial charge on any atom is 0.162 e. The van der Waals surface area contributed by atoms with Crippen LogP contribution in [0.3, 0.4) is 0 Å². The van der Waals surface area contributed by atoms with Crippen LogP contribution in [0.15, 0.2) is 73.7 Å². The Kier molecular flexibility index (Phi) is 5.64. The van der Waals surface area contributed by atoms with Crippen LogP contribution >= 0.6 is 0 Å². The summed E-state index contributed by atoms with van der Waals surface area (Å²) in [7, 11) is 0. The molecule has 32 heavy (non-hydrogen) atoms. The molecule has 2 aromatic carbocycles. The molecule has 3 heterocycles. The minimum atomic E-state index is -0.397. The molecule has 1 fully saturated rings. The second-order valence-electron chi connectivity index (χ2n) is 7.95. The van der Waals surface area contributed by atoms with Crippen molar-refractivity contribution in [2.24, 2.45) is 0 Å². The van der Waals surface area contributed by atoms with Crippen LogP contribution in [0.5, 0.6) is 11.5 Å². The lowest BCUT2D eigenvalue weighted by Gasteiger charge is -2.32. The number of nitrogens with zero attached hydrogens (tertiary/aromatic N) is 5. The fraction of sp³-hybridized carbons (Fsp3) is 0.240. The van der Waals surface area contributed by atoms with Gasteiger partial charge in [-0.1, -0.05) is 24.3 Å². The summed E-state index contributed by atoms with van der Waals surface area (Å²) in [5.41, 5.74) is 1.68. The van der Waals surface area contributed by atoms with Crippen molar-refractivity contribution in [1.82, 2.24) is 24.6 Å². The molecule has 162 valence electrons. The van der Waals surface area contributed by atoms with Crippen molar-refractivity contribution in [2.45, 2.75) is 18.9 Å². The Hall–Kier alpha value is -3.58. The number of ether oxygens (including phenoxy) is 1. The first-order chi connectivity index (χ1) is 15.7. The summed E-state index contributed by atoms with van der Waals surface area (Å²) in [6, 6.07) is 14.3. The maximum atomic E-state index is 15.2. The average molecular weight is 429 g/mol. The molecule has 0 amide bonds. The normalized spacial score (nSPS) is 16.8. The van der Waals surface area contributed by atoms with Gasteiger partial charge < -0.3 is 4.74 Å². The number of benzene rings is 2. The average Bonchev–Trinajstić information content (AvgIpc) is 3.20. The van der Waals surface area contributed by atoms with E-state index in [2.05, 4.69) is 21.4 Å². The zero-order chi connectivity index (χ0) is 21.9. The first kappa shape index (κ1) is 20.3. The second-order valence-corrected chi connectivity index (χ2v) is 7.95. The van der Waals surface area contributed by atoms with Crippen LogP contribution in [0.25, 0.3) is 22.3 Å². The molecule has 2 aromatic heterocycles. The smallest absolute Gasteiger partial charge is 0.162 e. The summed E-state index contributed by atoms with van der Waals surface area (Å²) in [5, 5.41) is 5.57. The molecule has 4 aromatic rings. The van der Waals surface area contributed by atoms with E-state index in [0.717, 1.165) is 43.5 Å². The van der Waals surface area contributed by atoms with Gasteiger partial charge in [0.05, 0.1) is 11.4 Å². The monoisotopic (exact) mass is 429 g/mol. The summed E-state index contributed by atoms with van der Waals surface area (Å²) in [4.78, 5) is 11.0. The summed E-state index contributed by atoms with van der Waals surface area (Å²) in [6.45, 7) is 6.60. The van der Waals surface area contributed by atoms with Gasteiger partial charge >= 0.3 is 0 Å². The van der Waals surface area contributed by atoms with Gasteiger partial charge in [-0.3, -0.25) is 4.90 Å². The molecular weight excluding hydrogens is 405 g/mol. The molecule has 6 nitrogen and oxygen atoms in total. The first-order valence-electron chi connectivity index (χ1n) is 10.8. The highest BCUT2D eigenvalue weighted by Gasteiger charge is 2.26. The number of piperidine rings is 1. The number of para-hydroxylation sites is 1. The predicted molar refractivity (Wildman–Crippen MR) is 122 cm³/mol. The Labute approximate surface area is 186 Å². The molecule has 1 aliphatic rings. The van der Waals surface area contributed by atoms with E-state index in [4.69, 9.17) is 9.84 Å². The highest BCUT2D eigenvalue weighted by atomic mass is 19.1. The van der Waals surface area contributed by atoms with Crippen molar-refractivity contribution in [3.8, 4) is 22.8 Å². The minimum absolute atomic E-state index is 0.165. The lowest BCUT2D eigenvalue weighted by molar-refractivity contribution is 0.188. The quantitative estimate of drug-likeness (QED) is 0.392. The zero-order valence-electron chi connectivity index (χ0n) is 17.7. The fourth-order valence-electron chi connectivity index (χ4n) is 4.29. The third-order valence-corrected chi connectivity index (χ3v) is 5.76. The van der Waals surface area contributed by atoms with Crippen LogP contribution in [-0.2, 0) is 0 Å². The third-order valence-electron chi connectivity index (χ3n) is 5.76. The lowest BCUT2D eigenvalue weighted by atomic mass is 10.1. The SMILES string of the molecule is C=CCN1CCC[C@@H](n2nc(-c3ccc(Oc4ccccc4)cc3F)c3cncnc32)C1. The molecule has 0 saturated carbocycles.